The summed E-state index contributed by atoms with van der Waals surface area (Å²) in [7, 11) is 4.52. The minimum absolute atomic E-state index is 0.0238. The summed E-state index contributed by atoms with van der Waals surface area (Å²) in [5, 5.41) is 11.5. The fourth-order valence-electron chi connectivity index (χ4n) is 5.23. The quantitative estimate of drug-likeness (QED) is 0.285. The summed E-state index contributed by atoms with van der Waals surface area (Å²) in [5.74, 6) is 0.317. The zero-order valence-corrected chi connectivity index (χ0v) is 22.9. The molecule has 1 amide bonds. The molecular formula is C29H36N2O7. The van der Waals surface area contributed by atoms with E-state index in [1.54, 1.807) is 24.3 Å². The maximum atomic E-state index is 13.5. The molecular weight excluding hydrogens is 488 g/mol. The van der Waals surface area contributed by atoms with Crippen LogP contribution in [0.5, 0.6) is 23.0 Å². The standard InChI is InChI=1S/C29H36N2O7/c1-7-30(8-2)11-12-31-25(20-15-22(35-4)28(37-6)23(16-20)36-5)24(27(33)29(31)34)26(32)18-9-10-21-19(14-18)13-17(3)38-21/h9-10,14-17,25,32H,7-8,11-13H2,1-6H3/t17-,25-/m1/s1. The predicted octanol–water partition coefficient (Wildman–Crippen LogP) is 3.80. The van der Waals surface area contributed by atoms with Gasteiger partial charge in [-0.2, -0.15) is 0 Å². The number of hydrogen-bond donors (Lipinski definition) is 1. The van der Waals surface area contributed by atoms with Crippen molar-refractivity contribution in [1.82, 2.24) is 9.80 Å². The van der Waals surface area contributed by atoms with Crippen LogP contribution < -0.4 is 18.9 Å². The third-order valence-corrected chi connectivity index (χ3v) is 7.26. The number of nitrogens with zero attached hydrogens (tertiary/aromatic N) is 2. The molecule has 0 aromatic heterocycles. The number of aliphatic hydroxyl groups excluding tert-OH is 1. The van der Waals surface area contributed by atoms with Crippen LogP contribution in [0, 0.1) is 0 Å². The number of hydrogen-bond acceptors (Lipinski definition) is 8. The van der Waals surface area contributed by atoms with Crippen molar-refractivity contribution in [3.05, 3.63) is 52.6 Å². The molecule has 2 atom stereocenters. The highest BCUT2D eigenvalue weighted by atomic mass is 16.5. The molecule has 1 saturated heterocycles. The Morgan fingerprint density at radius 2 is 1.71 bits per heavy atom. The first-order valence-electron chi connectivity index (χ1n) is 12.9. The third-order valence-electron chi connectivity index (χ3n) is 7.26. The number of Topliss-reactive ketones (excluding diaryl/α,β-unsaturated/α-hetero) is 1. The van der Waals surface area contributed by atoms with E-state index in [1.165, 1.54) is 26.2 Å². The van der Waals surface area contributed by atoms with E-state index in [4.69, 9.17) is 18.9 Å². The number of carbonyl (C=O) groups is 2. The summed E-state index contributed by atoms with van der Waals surface area (Å²) in [6, 6.07) is 7.91. The van der Waals surface area contributed by atoms with E-state index < -0.39 is 17.7 Å². The van der Waals surface area contributed by atoms with Gasteiger partial charge in [0.25, 0.3) is 11.7 Å². The van der Waals surface area contributed by atoms with Crippen molar-refractivity contribution < 1.29 is 33.6 Å². The number of likely N-dealkylation sites (N-methyl/N-ethyl adjacent to an activating group) is 1. The van der Waals surface area contributed by atoms with E-state index in [1.807, 2.05) is 26.8 Å². The molecule has 38 heavy (non-hydrogen) atoms. The van der Waals surface area contributed by atoms with Gasteiger partial charge in [-0.1, -0.05) is 13.8 Å². The molecule has 204 valence electrons. The van der Waals surface area contributed by atoms with E-state index in [0.717, 1.165) is 24.4 Å². The number of ketones is 1. The molecule has 0 bridgehead atoms. The van der Waals surface area contributed by atoms with Crippen LogP contribution in [-0.4, -0.2) is 80.2 Å². The fraction of sp³-hybridized carbons (Fsp3) is 0.448. The normalized spacial score (nSPS) is 20.0. The molecule has 9 nitrogen and oxygen atoms in total. The number of rotatable bonds is 10. The number of carbonyl (C=O) groups excluding carboxylic acids is 2. The Bertz CT molecular complexity index is 1230. The van der Waals surface area contributed by atoms with Gasteiger partial charge in [0.05, 0.1) is 32.9 Å². The van der Waals surface area contributed by atoms with Gasteiger partial charge in [0.15, 0.2) is 11.5 Å². The predicted molar refractivity (Wildman–Crippen MR) is 143 cm³/mol. The van der Waals surface area contributed by atoms with Gasteiger partial charge in [0.2, 0.25) is 5.75 Å². The number of benzene rings is 2. The molecule has 0 aliphatic carbocycles. The Morgan fingerprint density at radius 1 is 1.05 bits per heavy atom. The van der Waals surface area contributed by atoms with Crippen molar-refractivity contribution in [3.8, 4) is 23.0 Å². The molecule has 2 aromatic carbocycles. The lowest BCUT2D eigenvalue weighted by Crippen LogP contribution is -2.38. The summed E-state index contributed by atoms with van der Waals surface area (Å²) >= 11 is 0. The highest BCUT2D eigenvalue weighted by molar-refractivity contribution is 6.46. The summed E-state index contributed by atoms with van der Waals surface area (Å²) in [6.07, 6.45) is 0.734. The largest absolute Gasteiger partial charge is 0.507 e. The molecule has 0 saturated carbocycles. The lowest BCUT2D eigenvalue weighted by Gasteiger charge is -2.29. The SMILES string of the molecule is CCN(CC)CCN1C(=O)C(=O)C(=C(O)c2ccc3c(c2)C[C@@H](C)O3)[C@H]1c1cc(OC)c(OC)c(OC)c1. The molecule has 2 aromatic rings. The average molecular weight is 525 g/mol. The molecule has 9 heteroatoms. The van der Waals surface area contributed by atoms with E-state index in [0.29, 0.717) is 47.9 Å². The van der Waals surface area contributed by atoms with Crippen molar-refractivity contribution in [2.24, 2.45) is 0 Å². The van der Waals surface area contributed by atoms with E-state index >= 15 is 0 Å². The van der Waals surface area contributed by atoms with Crippen molar-refractivity contribution in [2.45, 2.75) is 39.3 Å². The van der Waals surface area contributed by atoms with E-state index in [-0.39, 0.29) is 17.4 Å². The zero-order chi connectivity index (χ0) is 27.6. The maximum Gasteiger partial charge on any atom is 0.295 e. The second-order valence-corrected chi connectivity index (χ2v) is 9.43. The van der Waals surface area contributed by atoms with Gasteiger partial charge in [0, 0.05) is 25.1 Å². The third kappa shape index (κ3) is 4.90. The van der Waals surface area contributed by atoms with Crippen molar-refractivity contribution >= 4 is 17.4 Å². The van der Waals surface area contributed by atoms with Gasteiger partial charge in [-0.05, 0) is 61.5 Å². The van der Waals surface area contributed by atoms with Crippen LogP contribution >= 0.6 is 0 Å². The summed E-state index contributed by atoms with van der Waals surface area (Å²) in [4.78, 5) is 30.6. The minimum Gasteiger partial charge on any atom is -0.507 e. The highest BCUT2D eigenvalue weighted by Gasteiger charge is 2.46. The number of ether oxygens (including phenoxy) is 4. The molecule has 2 aliphatic rings. The van der Waals surface area contributed by atoms with Gasteiger partial charge in [0.1, 0.15) is 17.6 Å². The first-order chi connectivity index (χ1) is 18.3. The molecule has 0 unspecified atom stereocenters. The first-order valence-corrected chi connectivity index (χ1v) is 12.9. The Kier molecular flexibility index (Phi) is 8.16. The van der Waals surface area contributed by atoms with Crippen molar-refractivity contribution in [3.63, 3.8) is 0 Å². The number of amides is 1. The molecule has 2 heterocycles. The second kappa shape index (κ2) is 11.3. The van der Waals surface area contributed by atoms with Gasteiger partial charge in [-0.15, -0.1) is 0 Å². The Hall–Kier alpha value is -3.72. The van der Waals surface area contributed by atoms with Crippen LogP contribution in [0.1, 0.15) is 43.5 Å². The van der Waals surface area contributed by atoms with Crippen LogP contribution in [0.2, 0.25) is 0 Å². The molecule has 0 spiro atoms. The van der Waals surface area contributed by atoms with Gasteiger partial charge in [-0.3, -0.25) is 9.59 Å². The first kappa shape index (κ1) is 27.3. The Morgan fingerprint density at radius 3 is 2.29 bits per heavy atom. The van der Waals surface area contributed by atoms with Gasteiger partial charge in [-0.25, -0.2) is 0 Å². The van der Waals surface area contributed by atoms with Gasteiger partial charge < -0.3 is 33.9 Å². The maximum absolute atomic E-state index is 13.5. The lowest BCUT2D eigenvalue weighted by molar-refractivity contribution is -0.140. The topological polar surface area (TPSA) is 97.8 Å². The van der Waals surface area contributed by atoms with E-state index in [9.17, 15) is 14.7 Å². The zero-order valence-electron chi connectivity index (χ0n) is 22.9. The Balaban J connectivity index is 1.87. The van der Waals surface area contributed by atoms with Crippen molar-refractivity contribution in [2.75, 3.05) is 47.5 Å². The summed E-state index contributed by atoms with van der Waals surface area (Å²) < 4.78 is 22.4. The molecule has 0 radical (unpaired) electrons. The van der Waals surface area contributed by atoms with Crippen LogP contribution in [0.3, 0.4) is 0 Å². The smallest absolute Gasteiger partial charge is 0.295 e. The number of fused-ring (bicyclic) bond motifs is 1. The van der Waals surface area contributed by atoms with Gasteiger partial charge >= 0.3 is 0 Å². The number of aliphatic hydroxyl groups is 1. The molecule has 4 rings (SSSR count). The molecule has 2 aliphatic heterocycles. The summed E-state index contributed by atoms with van der Waals surface area (Å²) in [6.45, 7) is 8.58. The Labute approximate surface area is 223 Å². The molecule has 1 N–H and O–H groups in total. The fourth-order valence-corrected chi connectivity index (χ4v) is 5.23. The average Bonchev–Trinajstić information content (AvgIpc) is 3.43. The van der Waals surface area contributed by atoms with E-state index in [2.05, 4.69) is 4.90 Å². The number of likely N-dealkylation sites (tertiary alicyclic amines) is 1. The van der Waals surface area contributed by atoms with Crippen molar-refractivity contribution in [1.29, 1.82) is 0 Å². The van der Waals surface area contributed by atoms with Crippen LogP contribution in [-0.2, 0) is 16.0 Å². The summed E-state index contributed by atoms with van der Waals surface area (Å²) in [5.41, 5.74) is 2.00. The highest BCUT2D eigenvalue weighted by Crippen LogP contribution is 2.46. The second-order valence-electron chi connectivity index (χ2n) is 9.43. The number of methoxy groups -OCH3 is 3. The molecule has 1 fully saturated rings. The monoisotopic (exact) mass is 524 g/mol. The van der Waals surface area contributed by atoms with Crippen LogP contribution in [0.15, 0.2) is 35.9 Å². The van der Waals surface area contributed by atoms with Crippen LogP contribution in [0.25, 0.3) is 5.76 Å². The lowest BCUT2D eigenvalue weighted by atomic mass is 9.94. The van der Waals surface area contributed by atoms with Crippen LogP contribution in [0.4, 0.5) is 0 Å². The minimum atomic E-state index is -0.845.